The number of esters is 2. The lowest BCUT2D eigenvalue weighted by Crippen LogP contribution is -2.08. The molecule has 0 aromatic heterocycles. The number of methoxy groups -OCH3 is 1. The Bertz CT molecular complexity index is 794. The van der Waals surface area contributed by atoms with E-state index in [1.807, 2.05) is 6.92 Å². The molecule has 0 atom stereocenters. The number of rotatable bonds is 5. The Morgan fingerprint density at radius 2 is 1.58 bits per heavy atom. The van der Waals surface area contributed by atoms with Crippen LogP contribution in [0.3, 0.4) is 0 Å². The van der Waals surface area contributed by atoms with E-state index in [1.165, 1.54) is 21.0 Å². The van der Waals surface area contributed by atoms with Crippen molar-refractivity contribution in [2.24, 2.45) is 0 Å². The van der Waals surface area contributed by atoms with E-state index < -0.39 is 11.9 Å². The Kier molecular flexibility index (Phi) is 5.28. The number of hydrogen-bond acceptors (Lipinski definition) is 6. The molecule has 0 heterocycles. The van der Waals surface area contributed by atoms with Crippen LogP contribution in [-0.4, -0.2) is 25.7 Å². The van der Waals surface area contributed by atoms with Crippen LogP contribution in [0, 0.1) is 6.92 Å². The monoisotopic (exact) mass is 332 g/mol. The molecule has 0 saturated carbocycles. The maximum atomic E-state index is 11.5. The fourth-order valence-corrected chi connectivity index (χ4v) is 2.53. The molecule has 0 amide bonds. The Balaban J connectivity index is 2.85. The summed E-state index contributed by atoms with van der Waals surface area (Å²) in [6.07, 6.45) is 0. The molecule has 0 radical (unpaired) electrons. The van der Waals surface area contributed by atoms with Crippen molar-refractivity contribution >= 4 is 22.7 Å². The fourth-order valence-electron chi connectivity index (χ4n) is 2.53. The SMILES string of the molecule is CCOc1ccc2c(OC(C)=O)c(OC)c(C)c(OC(C)=O)c2c1. The van der Waals surface area contributed by atoms with E-state index in [-0.39, 0.29) is 5.75 Å². The van der Waals surface area contributed by atoms with Crippen LogP contribution in [0.15, 0.2) is 18.2 Å². The highest BCUT2D eigenvalue weighted by Crippen LogP contribution is 2.46. The van der Waals surface area contributed by atoms with Gasteiger partial charge in [-0.3, -0.25) is 9.59 Å². The molecule has 6 heteroatoms. The maximum Gasteiger partial charge on any atom is 0.308 e. The molecule has 2 aromatic carbocycles. The summed E-state index contributed by atoms with van der Waals surface area (Å²) in [4.78, 5) is 23.0. The number of ether oxygens (including phenoxy) is 4. The van der Waals surface area contributed by atoms with Crippen LogP contribution in [0.5, 0.6) is 23.0 Å². The molecule has 0 unspecified atom stereocenters. The van der Waals surface area contributed by atoms with E-state index in [0.717, 1.165) is 0 Å². The molecule has 0 N–H and O–H groups in total. The first-order chi connectivity index (χ1) is 11.4. The third-order valence-electron chi connectivity index (χ3n) is 3.37. The van der Waals surface area contributed by atoms with Gasteiger partial charge in [-0.1, -0.05) is 0 Å². The van der Waals surface area contributed by atoms with Gasteiger partial charge in [-0.2, -0.15) is 0 Å². The predicted molar refractivity (Wildman–Crippen MR) is 89.0 cm³/mol. The van der Waals surface area contributed by atoms with Crippen molar-refractivity contribution in [3.05, 3.63) is 23.8 Å². The smallest absolute Gasteiger partial charge is 0.308 e. The number of hydrogen-bond donors (Lipinski definition) is 0. The highest BCUT2D eigenvalue weighted by molar-refractivity contribution is 6.00. The average molecular weight is 332 g/mol. The van der Waals surface area contributed by atoms with Crippen molar-refractivity contribution in [1.29, 1.82) is 0 Å². The lowest BCUT2D eigenvalue weighted by Gasteiger charge is -2.18. The second-order valence-electron chi connectivity index (χ2n) is 5.14. The molecular weight excluding hydrogens is 312 g/mol. The largest absolute Gasteiger partial charge is 0.494 e. The number of benzene rings is 2. The van der Waals surface area contributed by atoms with Gasteiger partial charge in [0.25, 0.3) is 0 Å². The summed E-state index contributed by atoms with van der Waals surface area (Å²) in [6, 6.07) is 5.25. The summed E-state index contributed by atoms with van der Waals surface area (Å²) in [5.41, 5.74) is 0.560. The molecule has 128 valence electrons. The highest BCUT2D eigenvalue weighted by atomic mass is 16.6. The minimum atomic E-state index is -0.469. The Morgan fingerprint density at radius 1 is 0.958 bits per heavy atom. The maximum absolute atomic E-state index is 11.5. The molecule has 0 saturated heterocycles. The molecule has 2 aromatic rings. The molecule has 0 bridgehead atoms. The van der Waals surface area contributed by atoms with E-state index in [9.17, 15) is 9.59 Å². The first kappa shape index (κ1) is 17.6. The molecule has 0 fully saturated rings. The van der Waals surface area contributed by atoms with Gasteiger partial charge in [-0.15, -0.1) is 0 Å². The van der Waals surface area contributed by atoms with Crippen LogP contribution in [-0.2, 0) is 9.59 Å². The fraction of sp³-hybridized carbons (Fsp3) is 0.333. The summed E-state index contributed by atoms with van der Waals surface area (Å²) in [6.45, 7) is 6.75. The van der Waals surface area contributed by atoms with Gasteiger partial charge in [-0.25, -0.2) is 0 Å². The summed E-state index contributed by atoms with van der Waals surface area (Å²) in [5, 5.41) is 1.19. The average Bonchev–Trinajstić information content (AvgIpc) is 2.51. The molecule has 0 spiro atoms. The van der Waals surface area contributed by atoms with Gasteiger partial charge in [0, 0.05) is 30.2 Å². The van der Waals surface area contributed by atoms with Gasteiger partial charge < -0.3 is 18.9 Å². The minimum Gasteiger partial charge on any atom is -0.494 e. The van der Waals surface area contributed by atoms with Crippen molar-refractivity contribution in [3.63, 3.8) is 0 Å². The van der Waals surface area contributed by atoms with Gasteiger partial charge in [0.2, 0.25) is 0 Å². The Hall–Kier alpha value is -2.76. The third kappa shape index (κ3) is 3.42. The highest BCUT2D eigenvalue weighted by Gasteiger charge is 2.22. The van der Waals surface area contributed by atoms with Gasteiger partial charge in [-0.05, 0) is 32.0 Å². The Morgan fingerprint density at radius 3 is 2.12 bits per heavy atom. The first-order valence-corrected chi connectivity index (χ1v) is 7.53. The summed E-state index contributed by atoms with van der Waals surface area (Å²) < 4.78 is 21.6. The van der Waals surface area contributed by atoms with Gasteiger partial charge >= 0.3 is 11.9 Å². The molecule has 0 aliphatic rings. The van der Waals surface area contributed by atoms with Crippen molar-refractivity contribution in [2.75, 3.05) is 13.7 Å². The zero-order valence-electron chi connectivity index (χ0n) is 14.4. The van der Waals surface area contributed by atoms with Gasteiger partial charge in [0.05, 0.1) is 13.7 Å². The van der Waals surface area contributed by atoms with E-state index in [0.29, 0.717) is 40.2 Å². The van der Waals surface area contributed by atoms with Crippen LogP contribution in [0.1, 0.15) is 26.3 Å². The molecular formula is C18H20O6. The minimum absolute atomic E-state index is 0.288. The van der Waals surface area contributed by atoms with Crippen LogP contribution in [0.4, 0.5) is 0 Å². The van der Waals surface area contributed by atoms with Gasteiger partial charge in [0.15, 0.2) is 11.5 Å². The zero-order valence-corrected chi connectivity index (χ0v) is 14.4. The molecule has 0 aliphatic heterocycles. The van der Waals surface area contributed by atoms with E-state index in [1.54, 1.807) is 25.1 Å². The van der Waals surface area contributed by atoms with Gasteiger partial charge in [0.1, 0.15) is 11.5 Å². The zero-order chi connectivity index (χ0) is 17.9. The standard InChI is InChI=1S/C18H20O6/c1-6-22-13-7-8-14-15(9-13)16(23-11(3)19)10(2)17(21-5)18(14)24-12(4)20/h7-9H,6H2,1-5H3. The lowest BCUT2D eigenvalue weighted by atomic mass is 10.0. The van der Waals surface area contributed by atoms with Crippen LogP contribution >= 0.6 is 0 Å². The van der Waals surface area contributed by atoms with E-state index in [2.05, 4.69) is 0 Å². The van der Waals surface area contributed by atoms with Crippen molar-refractivity contribution < 1.29 is 28.5 Å². The molecule has 6 nitrogen and oxygen atoms in total. The summed E-state index contributed by atoms with van der Waals surface area (Å²) >= 11 is 0. The van der Waals surface area contributed by atoms with E-state index in [4.69, 9.17) is 18.9 Å². The second kappa shape index (κ2) is 7.21. The van der Waals surface area contributed by atoms with Crippen LogP contribution in [0.2, 0.25) is 0 Å². The van der Waals surface area contributed by atoms with Crippen LogP contribution < -0.4 is 18.9 Å². The topological polar surface area (TPSA) is 71.1 Å². The van der Waals surface area contributed by atoms with E-state index >= 15 is 0 Å². The Labute approximate surface area is 140 Å². The predicted octanol–water partition coefficient (Wildman–Crippen LogP) is 3.41. The van der Waals surface area contributed by atoms with Crippen LogP contribution in [0.25, 0.3) is 10.8 Å². The number of carbonyl (C=O) groups is 2. The lowest BCUT2D eigenvalue weighted by molar-refractivity contribution is -0.133. The number of carbonyl (C=O) groups excluding carboxylic acids is 2. The van der Waals surface area contributed by atoms with Crippen molar-refractivity contribution in [3.8, 4) is 23.0 Å². The van der Waals surface area contributed by atoms with Crippen molar-refractivity contribution in [2.45, 2.75) is 27.7 Å². The summed E-state index contributed by atoms with van der Waals surface area (Å²) in [5.74, 6) is 0.685. The molecule has 2 rings (SSSR count). The summed E-state index contributed by atoms with van der Waals surface area (Å²) in [7, 11) is 1.47. The number of fused-ring (bicyclic) bond motifs is 1. The molecule has 0 aliphatic carbocycles. The first-order valence-electron chi connectivity index (χ1n) is 7.53. The second-order valence-corrected chi connectivity index (χ2v) is 5.14. The quantitative estimate of drug-likeness (QED) is 0.617. The normalized spacial score (nSPS) is 10.4. The van der Waals surface area contributed by atoms with Crippen molar-refractivity contribution in [1.82, 2.24) is 0 Å². The molecule has 24 heavy (non-hydrogen) atoms. The third-order valence-corrected chi connectivity index (χ3v) is 3.37.